The van der Waals surface area contributed by atoms with E-state index in [2.05, 4.69) is 118 Å². The Labute approximate surface area is 527 Å². The highest BCUT2D eigenvalue weighted by atomic mass is 31.2. The number of carbonyl (C=O) groups excluding carboxylic acids is 3. The fourth-order valence-corrected chi connectivity index (χ4v) is 10.3. The van der Waals surface area contributed by atoms with Crippen LogP contribution in [0.1, 0.15) is 265 Å². The third-order valence-electron chi connectivity index (χ3n) is 13.8. The molecule has 0 aliphatic rings. The average molecular weight is 1270 g/mol. The highest BCUT2D eigenvalue weighted by Gasteiger charge is 2.29. The van der Waals surface area contributed by atoms with E-state index < -0.39 is 91.5 Å². The predicted molar refractivity (Wildman–Crippen MR) is 353 cm³/mol. The van der Waals surface area contributed by atoms with Crippen molar-refractivity contribution in [3.8, 4) is 0 Å². The van der Waals surface area contributed by atoms with Gasteiger partial charge in [-0.25, -0.2) is 9.13 Å². The van der Waals surface area contributed by atoms with E-state index >= 15 is 0 Å². The minimum atomic E-state index is -4.92. The Hall–Kier alpha value is -3.53. The zero-order valence-electron chi connectivity index (χ0n) is 54.2. The molecule has 5 atom stereocenters. The van der Waals surface area contributed by atoms with E-state index in [4.69, 9.17) is 32.3 Å². The minimum absolute atomic E-state index is 0.104. The maximum Gasteiger partial charge on any atom is 0.472 e. The SMILES string of the molecule is CC/C=C\C/C=C\C/C=C\C/C=C\C/C=C\CCCCCCCCCC(=O)OCC(O)COP(=O)(O)OCC(O)COP(=O)(O)OCC(COC(=O)CCCCCCCCC/C=C\C/C=C\C/C=C\CC)OC(=O)CCCCCCCCCCCCC. The summed E-state index contributed by atoms with van der Waals surface area (Å²) in [5.74, 6) is -1.59. The van der Waals surface area contributed by atoms with Crippen molar-refractivity contribution in [1.29, 1.82) is 0 Å². The lowest BCUT2D eigenvalue weighted by atomic mass is 10.1. The van der Waals surface area contributed by atoms with Gasteiger partial charge in [-0.05, 0) is 96.3 Å². The summed E-state index contributed by atoms with van der Waals surface area (Å²) in [6.45, 7) is 2.41. The molecule has 0 amide bonds. The molecule has 0 bridgehead atoms. The minimum Gasteiger partial charge on any atom is -0.463 e. The van der Waals surface area contributed by atoms with Crippen LogP contribution < -0.4 is 0 Å². The van der Waals surface area contributed by atoms with Gasteiger partial charge in [-0.3, -0.25) is 32.5 Å². The van der Waals surface area contributed by atoms with Crippen molar-refractivity contribution < 1.29 is 75.8 Å². The molecule has 0 aliphatic carbocycles. The first kappa shape index (κ1) is 83.5. The maximum atomic E-state index is 12.9. The van der Waals surface area contributed by atoms with Gasteiger partial charge in [-0.1, -0.05) is 246 Å². The number of allylic oxidation sites excluding steroid dienone is 16. The second-order valence-electron chi connectivity index (χ2n) is 22.2. The van der Waals surface area contributed by atoms with Crippen molar-refractivity contribution in [2.45, 2.75) is 283 Å². The lowest BCUT2D eigenvalue weighted by Gasteiger charge is -2.21. The molecule has 0 radical (unpaired) electrons. The van der Waals surface area contributed by atoms with Gasteiger partial charge >= 0.3 is 33.6 Å². The number of rotatable bonds is 63. The van der Waals surface area contributed by atoms with E-state index in [-0.39, 0.29) is 19.3 Å². The smallest absolute Gasteiger partial charge is 0.463 e. The van der Waals surface area contributed by atoms with E-state index in [0.29, 0.717) is 19.3 Å². The first-order valence-corrected chi connectivity index (χ1v) is 36.5. The number of phosphoric acid groups is 2. The molecule has 4 N–H and O–H groups in total. The van der Waals surface area contributed by atoms with Gasteiger partial charge < -0.3 is 34.2 Å². The average Bonchev–Trinajstić information content (AvgIpc) is 3.57. The molecular weight excluding hydrogens is 1150 g/mol. The van der Waals surface area contributed by atoms with Crippen molar-refractivity contribution in [1.82, 2.24) is 0 Å². The number of aliphatic hydroxyl groups is 2. The van der Waals surface area contributed by atoms with E-state index in [1.807, 2.05) is 0 Å². The Bertz CT molecular complexity index is 1980. The fourth-order valence-electron chi connectivity index (χ4n) is 8.73. The van der Waals surface area contributed by atoms with Crippen LogP contribution in [0.15, 0.2) is 97.2 Å². The van der Waals surface area contributed by atoms with Gasteiger partial charge in [0, 0.05) is 19.3 Å². The molecule has 16 nitrogen and oxygen atoms in total. The number of unbranched alkanes of at least 4 members (excludes halogenated alkanes) is 24. The Morgan fingerprint density at radius 3 is 0.966 bits per heavy atom. The molecule has 0 aromatic heterocycles. The van der Waals surface area contributed by atoms with Crippen LogP contribution >= 0.6 is 15.6 Å². The highest BCUT2D eigenvalue weighted by molar-refractivity contribution is 7.47. The second-order valence-corrected chi connectivity index (χ2v) is 25.1. The standard InChI is InChI=1S/C69H120O16P2/c1-4-7-10-13-16-19-22-24-26-28-29-30-31-32-33-35-37-38-41-43-46-49-52-55-67(72)79-58-64(70)59-81-86(75,76)82-60-65(71)61-83-87(77,78)84-63-66(85-69(74)57-54-51-48-45-40-21-18-15-12-9-6-3)62-80-68(73)56-53-50-47-44-42-39-36-34-27-25-23-20-17-14-11-8-5-2/h7-8,10-11,16-17,19-20,24-27,29-30,32-33,64-66,70-71H,4-6,9,12-15,18,21-23,28,31,34-63H2,1-3H3,(H,75,76)(H,77,78)/b10-7-,11-8-,19-16-,20-17-,26-24-,27-25-,30-29-,33-32-. The number of hydrogen-bond acceptors (Lipinski definition) is 14. The summed E-state index contributed by atoms with van der Waals surface area (Å²) < 4.78 is 60.8. The van der Waals surface area contributed by atoms with Crippen LogP contribution in [0.25, 0.3) is 0 Å². The number of phosphoric ester groups is 2. The Morgan fingerprint density at radius 2 is 0.609 bits per heavy atom. The number of carbonyl (C=O) groups is 3. The van der Waals surface area contributed by atoms with Crippen LogP contribution in [0.2, 0.25) is 0 Å². The van der Waals surface area contributed by atoms with Gasteiger partial charge in [0.15, 0.2) is 6.10 Å². The van der Waals surface area contributed by atoms with Crippen molar-refractivity contribution in [2.75, 3.05) is 39.6 Å². The van der Waals surface area contributed by atoms with Crippen LogP contribution in [0.4, 0.5) is 0 Å². The number of aliphatic hydroxyl groups excluding tert-OH is 2. The quantitative estimate of drug-likeness (QED) is 0.0146. The molecular formula is C69H120O16P2. The summed E-state index contributed by atoms with van der Waals surface area (Å²) >= 11 is 0. The molecule has 0 rings (SSSR count). The molecule has 0 aromatic carbocycles. The summed E-state index contributed by atoms with van der Waals surface area (Å²) in [5.41, 5.74) is 0. The Kier molecular flexibility index (Phi) is 60.1. The Morgan fingerprint density at radius 1 is 0.333 bits per heavy atom. The van der Waals surface area contributed by atoms with Crippen LogP contribution in [0.3, 0.4) is 0 Å². The van der Waals surface area contributed by atoms with Crippen molar-refractivity contribution in [3.63, 3.8) is 0 Å². The van der Waals surface area contributed by atoms with Crippen molar-refractivity contribution >= 4 is 33.6 Å². The third kappa shape index (κ3) is 63.8. The summed E-state index contributed by atoms with van der Waals surface area (Å²) in [6.07, 6.45) is 67.5. The van der Waals surface area contributed by atoms with Crippen molar-refractivity contribution in [2.24, 2.45) is 0 Å². The molecule has 0 saturated carbocycles. The molecule has 18 heteroatoms. The number of hydrogen-bond donors (Lipinski definition) is 4. The van der Waals surface area contributed by atoms with Crippen LogP contribution in [0.5, 0.6) is 0 Å². The maximum absolute atomic E-state index is 12.9. The van der Waals surface area contributed by atoms with Gasteiger partial charge in [0.2, 0.25) is 0 Å². The molecule has 502 valence electrons. The molecule has 0 saturated heterocycles. The van der Waals surface area contributed by atoms with Crippen LogP contribution in [-0.4, -0.2) is 95.9 Å². The normalized spacial score (nSPS) is 14.9. The predicted octanol–water partition coefficient (Wildman–Crippen LogP) is 18.3. The fraction of sp³-hybridized carbons (Fsp3) is 0.725. The topological polar surface area (TPSA) is 231 Å². The lowest BCUT2D eigenvalue weighted by molar-refractivity contribution is -0.161. The largest absolute Gasteiger partial charge is 0.472 e. The van der Waals surface area contributed by atoms with E-state index in [9.17, 15) is 43.5 Å². The van der Waals surface area contributed by atoms with Gasteiger partial charge in [-0.15, -0.1) is 0 Å². The molecule has 0 aliphatic heterocycles. The Balaban J connectivity index is 4.55. The first-order chi connectivity index (χ1) is 42.2. The summed E-state index contributed by atoms with van der Waals surface area (Å²) in [7, 11) is -9.77. The molecule has 0 aromatic rings. The monoisotopic (exact) mass is 1270 g/mol. The molecule has 0 spiro atoms. The molecule has 87 heavy (non-hydrogen) atoms. The van der Waals surface area contributed by atoms with Gasteiger partial charge in [-0.2, -0.15) is 0 Å². The van der Waals surface area contributed by atoms with Crippen molar-refractivity contribution in [3.05, 3.63) is 97.2 Å². The van der Waals surface area contributed by atoms with E-state index in [1.54, 1.807) is 0 Å². The summed E-state index contributed by atoms with van der Waals surface area (Å²) in [5, 5.41) is 20.5. The van der Waals surface area contributed by atoms with Crippen LogP contribution in [0, 0.1) is 0 Å². The van der Waals surface area contributed by atoms with Gasteiger partial charge in [0.05, 0.1) is 26.4 Å². The summed E-state index contributed by atoms with van der Waals surface area (Å²) in [6, 6.07) is 0. The highest BCUT2D eigenvalue weighted by Crippen LogP contribution is 2.45. The van der Waals surface area contributed by atoms with E-state index in [0.717, 1.165) is 167 Å². The number of esters is 3. The van der Waals surface area contributed by atoms with Gasteiger partial charge in [0.1, 0.15) is 25.4 Å². The molecule has 0 fully saturated rings. The second kappa shape index (κ2) is 62.7. The zero-order chi connectivity index (χ0) is 63.8. The zero-order valence-corrected chi connectivity index (χ0v) is 56.0. The third-order valence-corrected chi connectivity index (χ3v) is 15.7. The lowest BCUT2D eigenvalue weighted by Crippen LogP contribution is -2.30. The van der Waals surface area contributed by atoms with E-state index in [1.165, 1.54) is 38.5 Å². The van der Waals surface area contributed by atoms with Crippen LogP contribution in [-0.2, 0) is 55.8 Å². The molecule has 0 heterocycles. The summed E-state index contributed by atoms with van der Waals surface area (Å²) in [4.78, 5) is 58.3. The number of ether oxygens (including phenoxy) is 3. The first-order valence-electron chi connectivity index (χ1n) is 33.5. The van der Waals surface area contributed by atoms with Gasteiger partial charge in [0.25, 0.3) is 0 Å². The molecule has 5 unspecified atom stereocenters.